The van der Waals surface area contributed by atoms with Crippen LogP contribution in [0.15, 0.2) is 18.2 Å². The molecule has 1 unspecified atom stereocenters. The maximum atomic E-state index is 12.0. The molecule has 1 amide bonds. The Morgan fingerprint density at radius 1 is 1.48 bits per heavy atom. The first-order valence-electron chi connectivity index (χ1n) is 7.19. The highest BCUT2D eigenvalue weighted by molar-refractivity contribution is 6.31. The molecule has 2 atom stereocenters. The second kappa shape index (κ2) is 6.24. The third kappa shape index (κ3) is 3.89. The van der Waals surface area contributed by atoms with E-state index in [0.29, 0.717) is 11.4 Å². The van der Waals surface area contributed by atoms with E-state index in [2.05, 4.69) is 5.32 Å². The molecule has 0 radical (unpaired) electrons. The van der Waals surface area contributed by atoms with Crippen LogP contribution in [0.1, 0.15) is 44.4 Å². The van der Waals surface area contributed by atoms with Gasteiger partial charge < -0.3 is 15.2 Å². The minimum absolute atomic E-state index is 0.0861. The standard InChI is InChI=1S/C16H22ClNO3/c1-16(2,3)21-15(20)18-14-10(7-8-19)9-12-11(14)5-4-6-13(12)17/h4-6,10,14,19H,7-9H2,1-3H3,(H,18,20)/t10-,14?/m1/s1. The fourth-order valence-corrected chi connectivity index (χ4v) is 3.04. The maximum absolute atomic E-state index is 12.0. The van der Waals surface area contributed by atoms with Crippen molar-refractivity contribution in [1.29, 1.82) is 0 Å². The number of halogens is 1. The lowest BCUT2D eigenvalue weighted by molar-refractivity contribution is 0.0484. The van der Waals surface area contributed by atoms with Gasteiger partial charge in [0, 0.05) is 11.6 Å². The van der Waals surface area contributed by atoms with Crippen LogP contribution in [-0.4, -0.2) is 23.4 Å². The Hall–Kier alpha value is -1.26. The molecule has 1 aliphatic carbocycles. The average Bonchev–Trinajstić information content (AvgIpc) is 2.68. The lowest BCUT2D eigenvalue weighted by Crippen LogP contribution is -2.36. The Morgan fingerprint density at radius 3 is 2.81 bits per heavy atom. The molecule has 2 rings (SSSR count). The second-order valence-corrected chi connectivity index (χ2v) is 6.82. The number of aliphatic hydroxyl groups is 1. The van der Waals surface area contributed by atoms with Gasteiger partial charge in [0.15, 0.2) is 0 Å². The minimum Gasteiger partial charge on any atom is -0.444 e. The van der Waals surface area contributed by atoms with E-state index < -0.39 is 11.7 Å². The van der Waals surface area contributed by atoms with Gasteiger partial charge in [-0.1, -0.05) is 23.7 Å². The number of alkyl carbamates (subject to hydrolysis) is 1. The zero-order valence-electron chi connectivity index (χ0n) is 12.6. The van der Waals surface area contributed by atoms with Crippen LogP contribution in [0.4, 0.5) is 4.79 Å². The summed E-state index contributed by atoms with van der Waals surface area (Å²) in [6, 6.07) is 5.54. The van der Waals surface area contributed by atoms with Crippen LogP contribution in [-0.2, 0) is 11.2 Å². The Bertz CT molecular complexity index is 525. The second-order valence-electron chi connectivity index (χ2n) is 6.41. The van der Waals surface area contributed by atoms with Crippen molar-refractivity contribution in [3.8, 4) is 0 Å². The van der Waals surface area contributed by atoms with E-state index in [0.717, 1.165) is 17.5 Å². The summed E-state index contributed by atoms with van der Waals surface area (Å²) in [5.41, 5.74) is 1.54. The van der Waals surface area contributed by atoms with E-state index in [1.165, 1.54) is 0 Å². The van der Waals surface area contributed by atoms with E-state index in [-0.39, 0.29) is 18.6 Å². The molecule has 0 heterocycles. The molecule has 0 spiro atoms. The first-order chi connectivity index (χ1) is 9.81. The van der Waals surface area contributed by atoms with Gasteiger partial charge in [-0.3, -0.25) is 0 Å². The van der Waals surface area contributed by atoms with Gasteiger partial charge in [-0.25, -0.2) is 4.79 Å². The predicted molar refractivity (Wildman–Crippen MR) is 82.5 cm³/mol. The number of hydrogen-bond donors (Lipinski definition) is 2. The molecule has 2 N–H and O–H groups in total. The van der Waals surface area contributed by atoms with Crippen molar-refractivity contribution in [3.63, 3.8) is 0 Å². The van der Waals surface area contributed by atoms with Crippen molar-refractivity contribution in [1.82, 2.24) is 5.32 Å². The summed E-state index contributed by atoms with van der Waals surface area (Å²) in [4.78, 5) is 12.0. The monoisotopic (exact) mass is 311 g/mol. The van der Waals surface area contributed by atoms with Crippen LogP contribution in [0.25, 0.3) is 0 Å². The number of carbonyl (C=O) groups is 1. The Morgan fingerprint density at radius 2 is 2.19 bits per heavy atom. The number of nitrogens with one attached hydrogen (secondary N) is 1. The molecule has 0 aromatic heterocycles. The van der Waals surface area contributed by atoms with Gasteiger partial charge in [0.2, 0.25) is 0 Å². The molecule has 0 saturated heterocycles. The van der Waals surface area contributed by atoms with E-state index in [4.69, 9.17) is 16.3 Å². The predicted octanol–water partition coefficient (Wildman–Crippen LogP) is 3.46. The topological polar surface area (TPSA) is 58.6 Å². The van der Waals surface area contributed by atoms with Crippen LogP contribution in [0.2, 0.25) is 5.02 Å². The highest BCUT2D eigenvalue weighted by Gasteiger charge is 2.35. The lowest BCUT2D eigenvalue weighted by Gasteiger charge is -2.25. The van der Waals surface area contributed by atoms with Gasteiger partial charge in [0.25, 0.3) is 0 Å². The van der Waals surface area contributed by atoms with Crippen LogP contribution < -0.4 is 5.32 Å². The van der Waals surface area contributed by atoms with Crippen LogP contribution >= 0.6 is 11.6 Å². The van der Waals surface area contributed by atoms with Gasteiger partial charge in [-0.05, 0) is 56.7 Å². The first-order valence-corrected chi connectivity index (χ1v) is 7.57. The Labute approximate surface area is 130 Å². The van der Waals surface area contributed by atoms with E-state index >= 15 is 0 Å². The fourth-order valence-electron chi connectivity index (χ4n) is 2.78. The molecular formula is C16H22ClNO3. The van der Waals surface area contributed by atoms with Gasteiger partial charge in [-0.15, -0.1) is 0 Å². The Balaban J connectivity index is 2.19. The van der Waals surface area contributed by atoms with Crippen molar-refractivity contribution in [2.24, 2.45) is 5.92 Å². The number of carbonyl (C=O) groups excluding carboxylic acids is 1. The van der Waals surface area contributed by atoms with E-state index in [1.54, 1.807) is 0 Å². The third-order valence-electron chi connectivity index (χ3n) is 3.60. The molecule has 4 nitrogen and oxygen atoms in total. The van der Waals surface area contributed by atoms with Crippen LogP contribution in [0.5, 0.6) is 0 Å². The third-order valence-corrected chi connectivity index (χ3v) is 3.95. The zero-order valence-corrected chi connectivity index (χ0v) is 13.4. The smallest absolute Gasteiger partial charge is 0.408 e. The molecule has 0 saturated carbocycles. The fraction of sp³-hybridized carbons (Fsp3) is 0.562. The number of amides is 1. The summed E-state index contributed by atoms with van der Waals surface area (Å²) in [5, 5.41) is 12.9. The summed E-state index contributed by atoms with van der Waals surface area (Å²) in [6.07, 6.45) is 0.935. The highest BCUT2D eigenvalue weighted by atomic mass is 35.5. The van der Waals surface area contributed by atoms with Crippen LogP contribution in [0.3, 0.4) is 0 Å². The van der Waals surface area contributed by atoms with Crippen molar-refractivity contribution < 1.29 is 14.6 Å². The van der Waals surface area contributed by atoms with E-state index in [9.17, 15) is 9.90 Å². The molecule has 5 heteroatoms. The number of aliphatic hydroxyl groups excluding tert-OH is 1. The van der Waals surface area contributed by atoms with Gasteiger partial charge in [-0.2, -0.15) is 0 Å². The van der Waals surface area contributed by atoms with Crippen molar-refractivity contribution >= 4 is 17.7 Å². The molecule has 1 aromatic carbocycles. The lowest BCUT2D eigenvalue weighted by atomic mass is 9.97. The number of fused-ring (bicyclic) bond motifs is 1. The van der Waals surface area contributed by atoms with E-state index in [1.807, 2.05) is 39.0 Å². The minimum atomic E-state index is -0.535. The summed E-state index contributed by atoms with van der Waals surface area (Å²) in [6.45, 7) is 5.58. The molecule has 0 aliphatic heterocycles. The van der Waals surface area contributed by atoms with Gasteiger partial charge in [0.1, 0.15) is 5.60 Å². The van der Waals surface area contributed by atoms with Crippen molar-refractivity contribution in [2.75, 3.05) is 6.61 Å². The van der Waals surface area contributed by atoms with Crippen molar-refractivity contribution in [3.05, 3.63) is 34.3 Å². The largest absolute Gasteiger partial charge is 0.444 e. The van der Waals surface area contributed by atoms with Crippen molar-refractivity contribution in [2.45, 2.75) is 45.3 Å². The summed E-state index contributed by atoms with van der Waals surface area (Å²) >= 11 is 6.24. The van der Waals surface area contributed by atoms with Gasteiger partial charge in [0.05, 0.1) is 6.04 Å². The molecule has 1 aromatic rings. The molecule has 21 heavy (non-hydrogen) atoms. The number of benzene rings is 1. The summed E-state index contributed by atoms with van der Waals surface area (Å²) in [7, 11) is 0. The molecular weight excluding hydrogens is 290 g/mol. The normalized spacial score (nSPS) is 21.0. The number of hydrogen-bond acceptors (Lipinski definition) is 3. The SMILES string of the molecule is CC(C)(C)OC(=O)NC1c2cccc(Cl)c2C[C@H]1CCO. The van der Waals surface area contributed by atoms with Gasteiger partial charge >= 0.3 is 6.09 Å². The number of rotatable bonds is 3. The summed E-state index contributed by atoms with van der Waals surface area (Å²) in [5.74, 6) is 0.136. The molecule has 0 fully saturated rings. The molecule has 116 valence electrons. The highest BCUT2D eigenvalue weighted by Crippen LogP contribution is 2.41. The maximum Gasteiger partial charge on any atom is 0.408 e. The van der Waals surface area contributed by atoms with Crippen LogP contribution in [0, 0.1) is 5.92 Å². The average molecular weight is 312 g/mol. The molecule has 1 aliphatic rings. The Kier molecular flexibility index (Phi) is 4.79. The molecule has 0 bridgehead atoms. The zero-order chi connectivity index (χ0) is 15.6. The first kappa shape index (κ1) is 16.1. The summed E-state index contributed by atoms with van der Waals surface area (Å²) < 4.78 is 5.33. The quantitative estimate of drug-likeness (QED) is 0.898. The number of ether oxygens (including phenoxy) is 1.